The molecule has 1 N–H and O–H groups in total. The van der Waals surface area contributed by atoms with E-state index in [2.05, 4.69) is 5.32 Å². The van der Waals surface area contributed by atoms with Crippen molar-refractivity contribution in [1.82, 2.24) is 5.32 Å². The van der Waals surface area contributed by atoms with Gasteiger partial charge in [-0.2, -0.15) is 0 Å². The molecule has 2 rings (SSSR count). The van der Waals surface area contributed by atoms with Gasteiger partial charge in [0.05, 0.1) is 6.26 Å². The van der Waals surface area contributed by atoms with E-state index in [0.717, 1.165) is 24.3 Å². The maximum absolute atomic E-state index is 12.9. The number of hydrogen-bond donors (Lipinski definition) is 1. The van der Waals surface area contributed by atoms with Gasteiger partial charge in [-0.1, -0.05) is 17.7 Å². The topological polar surface area (TPSA) is 34.4 Å². The first-order chi connectivity index (χ1) is 9.75. The molecule has 0 aliphatic rings. The highest BCUT2D eigenvalue weighted by Crippen LogP contribution is 2.16. The molecule has 0 saturated heterocycles. The molecule has 108 valence electrons. The summed E-state index contributed by atoms with van der Waals surface area (Å²) < 4.78 is 23.5. The third-order valence-corrected chi connectivity index (χ3v) is 3.15. The number of rotatable bonds is 8. The molecule has 0 amide bonds. The molecule has 1 aromatic heterocycles. The smallest absolute Gasteiger partial charge is 0.129 e. The molecule has 0 aliphatic heterocycles. The third-order valence-electron chi connectivity index (χ3n) is 2.80. The lowest BCUT2D eigenvalue weighted by Gasteiger charge is -2.07. The van der Waals surface area contributed by atoms with Gasteiger partial charge in [-0.15, -0.1) is 0 Å². The van der Waals surface area contributed by atoms with Crippen molar-refractivity contribution < 1.29 is 13.5 Å². The second-order valence-corrected chi connectivity index (χ2v) is 4.81. The van der Waals surface area contributed by atoms with Crippen molar-refractivity contribution in [1.29, 1.82) is 0 Å². The summed E-state index contributed by atoms with van der Waals surface area (Å²) in [5.41, 5.74) is 0.893. The molecule has 0 atom stereocenters. The van der Waals surface area contributed by atoms with Crippen molar-refractivity contribution in [2.24, 2.45) is 0 Å². The number of furan rings is 1. The summed E-state index contributed by atoms with van der Waals surface area (Å²) in [6.45, 7) is 2.59. The number of benzene rings is 1. The van der Waals surface area contributed by atoms with Crippen LogP contribution in [0, 0.1) is 5.82 Å². The molecule has 1 heterocycles. The van der Waals surface area contributed by atoms with Crippen LogP contribution in [-0.2, 0) is 17.9 Å². The third kappa shape index (κ3) is 4.96. The lowest BCUT2D eigenvalue weighted by molar-refractivity contribution is 0.104. The van der Waals surface area contributed by atoms with Gasteiger partial charge in [0.1, 0.15) is 18.2 Å². The summed E-state index contributed by atoms with van der Waals surface area (Å²) in [5, 5.41) is 3.70. The highest BCUT2D eigenvalue weighted by molar-refractivity contribution is 6.31. The van der Waals surface area contributed by atoms with Gasteiger partial charge in [0.25, 0.3) is 0 Å². The number of halogens is 2. The standard InChI is InChI=1S/C15H17ClFNO2/c16-15-9-13(17)5-4-12(15)10-18-6-2-7-19-11-14-3-1-8-20-14/h1,3-5,8-9,18H,2,6-7,10-11H2. The summed E-state index contributed by atoms with van der Waals surface area (Å²) in [7, 11) is 0. The van der Waals surface area contributed by atoms with Crippen LogP contribution in [0.2, 0.25) is 5.02 Å². The van der Waals surface area contributed by atoms with E-state index in [1.54, 1.807) is 12.3 Å². The lowest BCUT2D eigenvalue weighted by atomic mass is 10.2. The van der Waals surface area contributed by atoms with Crippen molar-refractivity contribution in [3.8, 4) is 0 Å². The Hall–Kier alpha value is -1.36. The van der Waals surface area contributed by atoms with Gasteiger partial charge in [-0.25, -0.2) is 4.39 Å². The number of ether oxygens (including phenoxy) is 1. The minimum atomic E-state index is -0.315. The Morgan fingerprint density at radius 2 is 2.20 bits per heavy atom. The maximum atomic E-state index is 12.9. The molecular weight excluding hydrogens is 281 g/mol. The Labute approximate surface area is 122 Å². The summed E-state index contributed by atoms with van der Waals surface area (Å²) in [6, 6.07) is 8.15. The Bertz CT molecular complexity index is 517. The van der Waals surface area contributed by atoms with Crippen LogP contribution in [0.1, 0.15) is 17.7 Å². The summed E-state index contributed by atoms with van der Waals surface area (Å²) in [6.07, 6.45) is 2.52. The lowest BCUT2D eigenvalue weighted by Crippen LogP contribution is -2.16. The van der Waals surface area contributed by atoms with Crippen LogP contribution in [-0.4, -0.2) is 13.2 Å². The molecule has 0 spiro atoms. The molecule has 0 bridgehead atoms. The van der Waals surface area contributed by atoms with E-state index in [9.17, 15) is 4.39 Å². The highest BCUT2D eigenvalue weighted by Gasteiger charge is 2.01. The van der Waals surface area contributed by atoms with Gasteiger partial charge in [-0.05, 0) is 42.8 Å². The van der Waals surface area contributed by atoms with Crippen LogP contribution in [0.3, 0.4) is 0 Å². The predicted molar refractivity (Wildman–Crippen MR) is 76.1 cm³/mol. The molecule has 5 heteroatoms. The van der Waals surface area contributed by atoms with Crippen molar-refractivity contribution in [2.45, 2.75) is 19.6 Å². The molecule has 2 aromatic rings. The van der Waals surface area contributed by atoms with Crippen molar-refractivity contribution >= 4 is 11.6 Å². The second kappa shape index (κ2) is 8.04. The molecule has 0 aliphatic carbocycles. The van der Waals surface area contributed by atoms with E-state index in [0.29, 0.717) is 24.8 Å². The Morgan fingerprint density at radius 1 is 1.30 bits per heavy atom. The zero-order valence-electron chi connectivity index (χ0n) is 11.1. The average molecular weight is 298 g/mol. The summed E-state index contributed by atoms with van der Waals surface area (Å²) in [4.78, 5) is 0. The van der Waals surface area contributed by atoms with Crippen LogP contribution in [0.25, 0.3) is 0 Å². The van der Waals surface area contributed by atoms with Crippen molar-refractivity contribution in [2.75, 3.05) is 13.2 Å². The fourth-order valence-electron chi connectivity index (χ4n) is 1.75. The van der Waals surface area contributed by atoms with E-state index < -0.39 is 0 Å². The van der Waals surface area contributed by atoms with E-state index in [1.165, 1.54) is 12.1 Å². The monoisotopic (exact) mass is 297 g/mol. The Balaban J connectivity index is 1.55. The van der Waals surface area contributed by atoms with Gasteiger partial charge in [0.2, 0.25) is 0 Å². The summed E-state index contributed by atoms with van der Waals surface area (Å²) in [5.74, 6) is 0.515. The minimum Gasteiger partial charge on any atom is -0.467 e. The van der Waals surface area contributed by atoms with E-state index in [-0.39, 0.29) is 5.82 Å². The maximum Gasteiger partial charge on any atom is 0.129 e. The quantitative estimate of drug-likeness (QED) is 0.753. The SMILES string of the molecule is Fc1ccc(CNCCCOCc2ccco2)c(Cl)c1. The molecule has 1 aromatic carbocycles. The minimum absolute atomic E-state index is 0.315. The molecule has 20 heavy (non-hydrogen) atoms. The zero-order valence-corrected chi connectivity index (χ0v) is 11.8. The van der Waals surface area contributed by atoms with E-state index in [4.69, 9.17) is 20.8 Å². The van der Waals surface area contributed by atoms with E-state index in [1.807, 2.05) is 12.1 Å². The molecule has 3 nitrogen and oxygen atoms in total. The Kier molecular flexibility index (Phi) is 6.05. The van der Waals surface area contributed by atoms with E-state index >= 15 is 0 Å². The second-order valence-electron chi connectivity index (χ2n) is 4.40. The fraction of sp³-hybridized carbons (Fsp3) is 0.333. The van der Waals surface area contributed by atoms with Gasteiger partial charge in [-0.3, -0.25) is 0 Å². The predicted octanol–water partition coefficient (Wildman–Crippen LogP) is 3.77. The largest absolute Gasteiger partial charge is 0.467 e. The molecule has 0 saturated carbocycles. The van der Waals surface area contributed by atoms with Crippen molar-refractivity contribution in [3.05, 3.63) is 58.8 Å². The van der Waals surface area contributed by atoms with Crippen LogP contribution >= 0.6 is 11.6 Å². The molecule has 0 fully saturated rings. The highest BCUT2D eigenvalue weighted by atomic mass is 35.5. The first-order valence-electron chi connectivity index (χ1n) is 6.50. The zero-order chi connectivity index (χ0) is 14.2. The normalized spacial score (nSPS) is 10.9. The molecule has 0 radical (unpaired) electrons. The van der Waals surface area contributed by atoms with Crippen LogP contribution in [0.5, 0.6) is 0 Å². The van der Waals surface area contributed by atoms with Gasteiger partial charge in [0.15, 0.2) is 0 Å². The van der Waals surface area contributed by atoms with Crippen LogP contribution in [0.4, 0.5) is 4.39 Å². The molecular formula is C15H17ClFNO2. The Morgan fingerprint density at radius 3 is 2.95 bits per heavy atom. The average Bonchev–Trinajstić information content (AvgIpc) is 2.93. The number of nitrogens with one attached hydrogen (secondary N) is 1. The van der Waals surface area contributed by atoms with Gasteiger partial charge in [0, 0.05) is 18.2 Å². The van der Waals surface area contributed by atoms with Crippen LogP contribution < -0.4 is 5.32 Å². The van der Waals surface area contributed by atoms with Gasteiger partial charge >= 0.3 is 0 Å². The number of hydrogen-bond acceptors (Lipinski definition) is 3. The van der Waals surface area contributed by atoms with Gasteiger partial charge < -0.3 is 14.5 Å². The summed E-state index contributed by atoms with van der Waals surface area (Å²) >= 11 is 5.93. The van der Waals surface area contributed by atoms with Crippen LogP contribution in [0.15, 0.2) is 41.0 Å². The fourth-order valence-corrected chi connectivity index (χ4v) is 1.99. The molecule has 0 unspecified atom stereocenters. The first kappa shape index (κ1) is 15.0. The van der Waals surface area contributed by atoms with Crippen molar-refractivity contribution in [3.63, 3.8) is 0 Å². The first-order valence-corrected chi connectivity index (χ1v) is 6.88.